The summed E-state index contributed by atoms with van der Waals surface area (Å²) < 4.78 is 1.09. The maximum Gasteiger partial charge on any atom is 0.320 e. The summed E-state index contributed by atoms with van der Waals surface area (Å²) in [5.41, 5.74) is 0. The van der Waals surface area contributed by atoms with E-state index in [0.717, 1.165) is 30.4 Å². The average molecular weight is 318 g/mol. The zero-order chi connectivity index (χ0) is 12.4. The predicted molar refractivity (Wildman–Crippen MR) is 72.3 cm³/mol. The van der Waals surface area contributed by atoms with Crippen LogP contribution in [0.2, 0.25) is 0 Å². The Morgan fingerprint density at radius 3 is 3.06 bits per heavy atom. The Bertz CT molecular complexity index is 407. The van der Waals surface area contributed by atoms with E-state index >= 15 is 0 Å². The van der Waals surface area contributed by atoms with Gasteiger partial charge >= 0.3 is 5.97 Å². The minimum absolute atomic E-state index is 0.326. The van der Waals surface area contributed by atoms with E-state index < -0.39 is 5.97 Å². The Morgan fingerprint density at radius 2 is 2.47 bits per heavy atom. The van der Waals surface area contributed by atoms with E-state index in [4.69, 9.17) is 0 Å². The van der Waals surface area contributed by atoms with Crippen LogP contribution in [-0.2, 0) is 11.3 Å². The third-order valence-electron chi connectivity index (χ3n) is 3.30. The van der Waals surface area contributed by atoms with Crippen molar-refractivity contribution in [2.24, 2.45) is 5.92 Å². The first-order valence-electron chi connectivity index (χ1n) is 5.76. The maximum absolute atomic E-state index is 11.3. The summed E-state index contributed by atoms with van der Waals surface area (Å²) >= 11 is 5.17. The molecule has 1 aromatic heterocycles. The quantitative estimate of drug-likeness (QED) is 0.930. The summed E-state index contributed by atoms with van der Waals surface area (Å²) in [4.78, 5) is 14.6. The van der Waals surface area contributed by atoms with E-state index in [1.54, 1.807) is 11.3 Å². The fourth-order valence-corrected chi connectivity index (χ4v) is 3.76. The second kappa shape index (κ2) is 5.50. The monoisotopic (exact) mass is 317 g/mol. The van der Waals surface area contributed by atoms with Gasteiger partial charge in [0.1, 0.15) is 6.04 Å². The molecule has 1 aliphatic heterocycles. The van der Waals surface area contributed by atoms with E-state index in [2.05, 4.69) is 27.8 Å². The van der Waals surface area contributed by atoms with Crippen molar-refractivity contribution < 1.29 is 9.90 Å². The van der Waals surface area contributed by atoms with Gasteiger partial charge < -0.3 is 5.11 Å². The van der Waals surface area contributed by atoms with Gasteiger partial charge in [-0.1, -0.05) is 6.92 Å². The van der Waals surface area contributed by atoms with Gasteiger partial charge in [0.2, 0.25) is 0 Å². The molecule has 0 radical (unpaired) electrons. The van der Waals surface area contributed by atoms with Gasteiger partial charge in [0.05, 0.1) is 0 Å². The van der Waals surface area contributed by atoms with Gasteiger partial charge in [0, 0.05) is 15.9 Å². The van der Waals surface area contributed by atoms with Crippen LogP contribution >= 0.6 is 27.3 Å². The lowest BCUT2D eigenvalue weighted by Crippen LogP contribution is -2.46. The van der Waals surface area contributed by atoms with E-state index in [1.807, 2.05) is 11.4 Å². The van der Waals surface area contributed by atoms with Crippen LogP contribution in [0.25, 0.3) is 0 Å². The third-order valence-corrected chi connectivity index (χ3v) is 5.21. The molecule has 0 aliphatic carbocycles. The summed E-state index contributed by atoms with van der Waals surface area (Å²) in [5, 5.41) is 11.3. The third kappa shape index (κ3) is 3.09. The lowest BCUT2D eigenvalue weighted by Gasteiger charge is -2.35. The highest BCUT2D eigenvalue weighted by Gasteiger charge is 2.31. The normalized spacial score (nSPS) is 26.0. The van der Waals surface area contributed by atoms with E-state index in [9.17, 15) is 9.90 Å². The van der Waals surface area contributed by atoms with Crippen LogP contribution in [0.4, 0.5) is 0 Å². The molecule has 1 aromatic rings. The van der Waals surface area contributed by atoms with Crippen LogP contribution in [0.1, 0.15) is 24.6 Å². The smallest absolute Gasteiger partial charge is 0.320 e. The largest absolute Gasteiger partial charge is 0.480 e. The zero-order valence-corrected chi connectivity index (χ0v) is 12.1. The van der Waals surface area contributed by atoms with Crippen LogP contribution < -0.4 is 0 Å². The molecule has 2 rings (SSSR count). The summed E-state index contributed by atoms with van der Waals surface area (Å²) in [6.45, 7) is 3.75. The van der Waals surface area contributed by atoms with Crippen molar-refractivity contribution in [1.29, 1.82) is 0 Å². The summed E-state index contributed by atoms with van der Waals surface area (Å²) in [6, 6.07) is 1.69. The first-order valence-corrected chi connectivity index (χ1v) is 7.44. The number of piperidine rings is 1. The molecule has 2 heterocycles. The zero-order valence-electron chi connectivity index (χ0n) is 9.73. The average Bonchev–Trinajstić information content (AvgIpc) is 2.67. The molecule has 1 fully saturated rings. The molecule has 0 saturated carbocycles. The molecule has 1 saturated heterocycles. The molecule has 1 aliphatic rings. The first-order chi connectivity index (χ1) is 8.08. The Kier molecular flexibility index (Phi) is 4.22. The number of thiophene rings is 1. The lowest BCUT2D eigenvalue weighted by molar-refractivity contribution is -0.145. The molecule has 0 bridgehead atoms. The van der Waals surface area contributed by atoms with Gasteiger partial charge in [-0.15, -0.1) is 11.3 Å². The SMILES string of the molecule is CC1CCN(Cc2sccc2Br)C(C(=O)O)C1. The fraction of sp³-hybridized carbons (Fsp3) is 0.583. The number of rotatable bonds is 3. The minimum atomic E-state index is -0.691. The molecule has 1 N–H and O–H groups in total. The lowest BCUT2D eigenvalue weighted by atomic mass is 9.92. The highest BCUT2D eigenvalue weighted by atomic mass is 79.9. The highest BCUT2D eigenvalue weighted by Crippen LogP contribution is 2.29. The number of hydrogen-bond acceptors (Lipinski definition) is 3. The van der Waals surface area contributed by atoms with Crippen molar-refractivity contribution >= 4 is 33.2 Å². The number of nitrogens with zero attached hydrogens (tertiary/aromatic N) is 1. The van der Waals surface area contributed by atoms with E-state index in [0.29, 0.717) is 5.92 Å². The standard InChI is InChI=1S/C12H16BrNO2S/c1-8-2-4-14(10(6-8)12(15)16)7-11-9(13)3-5-17-11/h3,5,8,10H,2,4,6-7H2,1H3,(H,15,16). The van der Waals surface area contributed by atoms with Crippen molar-refractivity contribution in [1.82, 2.24) is 4.90 Å². The van der Waals surface area contributed by atoms with Crippen molar-refractivity contribution in [3.8, 4) is 0 Å². The van der Waals surface area contributed by atoms with Gasteiger partial charge in [-0.25, -0.2) is 0 Å². The number of halogens is 1. The van der Waals surface area contributed by atoms with Gasteiger partial charge in [-0.05, 0) is 52.7 Å². The van der Waals surface area contributed by atoms with Gasteiger partial charge in [0.15, 0.2) is 0 Å². The van der Waals surface area contributed by atoms with E-state index in [-0.39, 0.29) is 6.04 Å². The predicted octanol–water partition coefficient (Wildman–Crippen LogP) is 3.20. The Balaban J connectivity index is 2.08. The first kappa shape index (κ1) is 13.1. The van der Waals surface area contributed by atoms with Crippen molar-refractivity contribution in [2.75, 3.05) is 6.54 Å². The van der Waals surface area contributed by atoms with Crippen molar-refractivity contribution in [2.45, 2.75) is 32.4 Å². The minimum Gasteiger partial charge on any atom is -0.480 e. The second-order valence-electron chi connectivity index (χ2n) is 4.65. The van der Waals surface area contributed by atoms with Crippen molar-refractivity contribution in [3.05, 3.63) is 20.8 Å². The highest BCUT2D eigenvalue weighted by molar-refractivity contribution is 9.10. The molecule has 17 heavy (non-hydrogen) atoms. The van der Waals surface area contributed by atoms with Crippen LogP contribution in [-0.4, -0.2) is 28.6 Å². The molecular formula is C12H16BrNO2S. The van der Waals surface area contributed by atoms with E-state index in [1.165, 1.54) is 4.88 Å². The molecule has 0 spiro atoms. The molecule has 0 amide bonds. The molecule has 5 heteroatoms. The molecule has 3 nitrogen and oxygen atoms in total. The van der Waals surface area contributed by atoms with Gasteiger partial charge in [-0.3, -0.25) is 9.69 Å². The topological polar surface area (TPSA) is 40.5 Å². The summed E-state index contributed by atoms with van der Waals surface area (Å²) in [5.74, 6) is -0.177. The maximum atomic E-state index is 11.3. The molecule has 0 aromatic carbocycles. The van der Waals surface area contributed by atoms with Gasteiger partial charge in [0.25, 0.3) is 0 Å². The number of carboxylic acids is 1. The van der Waals surface area contributed by atoms with Crippen LogP contribution in [0.5, 0.6) is 0 Å². The molecule has 2 unspecified atom stereocenters. The Hall–Kier alpha value is -0.390. The Labute approximate surface area is 114 Å². The molecular weight excluding hydrogens is 302 g/mol. The number of likely N-dealkylation sites (tertiary alicyclic amines) is 1. The number of carbonyl (C=O) groups is 1. The molecule has 94 valence electrons. The number of hydrogen-bond donors (Lipinski definition) is 1. The number of carboxylic acid groups (broad SMARTS) is 1. The summed E-state index contributed by atoms with van der Waals surface area (Å²) in [7, 11) is 0. The van der Waals surface area contributed by atoms with Crippen LogP contribution in [0.15, 0.2) is 15.9 Å². The fourth-order valence-electron chi connectivity index (χ4n) is 2.26. The van der Waals surface area contributed by atoms with Crippen molar-refractivity contribution in [3.63, 3.8) is 0 Å². The number of aliphatic carboxylic acids is 1. The molecule has 2 atom stereocenters. The van der Waals surface area contributed by atoms with Gasteiger partial charge in [-0.2, -0.15) is 0 Å². The Morgan fingerprint density at radius 1 is 1.71 bits per heavy atom. The van der Waals surface area contributed by atoms with Crippen LogP contribution in [0, 0.1) is 5.92 Å². The van der Waals surface area contributed by atoms with Crippen LogP contribution in [0.3, 0.4) is 0 Å². The second-order valence-corrected chi connectivity index (χ2v) is 6.50. The summed E-state index contributed by atoms with van der Waals surface area (Å²) in [6.07, 6.45) is 1.85.